The fourth-order valence-electron chi connectivity index (χ4n) is 8.70. The van der Waals surface area contributed by atoms with Crippen molar-refractivity contribution in [1.82, 2.24) is 20.9 Å². The van der Waals surface area contributed by atoms with E-state index in [9.17, 15) is 29.7 Å². The van der Waals surface area contributed by atoms with E-state index < -0.39 is 35.7 Å². The zero-order valence-corrected chi connectivity index (χ0v) is 30.0. The maximum absolute atomic E-state index is 12.3. The van der Waals surface area contributed by atoms with E-state index in [1.807, 2.05) is 36.4 Å². The third kappa shape index (κ3) is 10.3. The van der Waals surface area contributed by atoms with Crippen molar-refractivity contribution < 1.29 is 29.7 Å². The Morgan fingerprint density at radius 2 is 0.808 bits per heavy atom. The molecule has 52 heavy (non-hydrogen) atoms. The predicted octanol–water partition coefficient (Wildman–Crippen LogP) is 4.45. The molecule has 3 saturated heterocycles. The van der Waals surface area contributed by atoms with Crippen molar-refractivity contribution in [2.24, 2.45) is 35.5 Å². The Kier molecular flexibility index (Phi) is 13.1. The summed E-state index contributed by atoms with van der Waals surface area (Å²) in [7, 11) is 0. The first-order valence-corrected chi connectivity index (χ1v) is 19.0. The van der Waals surface area contributed by atoms with E-state index in [1.165, 1.54) is 0 Å². The number of carbonyl (C=O) groups is 3. The second-order valence-electron chi connectivity index (χ2n) is 15.3. The smallest absolute Gasteiger partial charge is 0.307 e. The summed E-state index contributed by atoms with van der Waals surface area (Å²) >= 11 is 0. The largest absolute Gasteiger partial charge is 0.481 e. The molecular weight excluding hydrogens is 656 g/mol. The maximum Gasteiger partial charge on any atom is 0.307 e. The molecule has 278 valence electrons. The lowest BCUT2D eigenvalue weighted by atomic mass is 9.85. The topological polar surface area (TPSA) is 151 Å². The van der Waals surface area contributed by atoms with Crippen LogP contribution in [0.3, 0.4) is 0 Å². The van der Waals surface area contributed by atoms with Crippen LogP contribution in [-0.4, -0.2) is 77.4 Å². The average Bonchev–Trinajstić information content (AvgIpc) is 3.94. The molecular formula is C42H54N4O6. The molecule has 6 N–H and O–H groups in total. The molecule has 6 rings (SSSR count). The number of nitrogens with zero attached hydrogens (tertiary/aromatic N) is 1. The number of nitrogens with one attached hydrogen (secondary N) is 3. The van der Waals surface area contributed by atoms with Gasteiger partial charge in [-0.3, -0.25) is 19.3 Å². The standard InChI is InChI=1S/C42H54N4O6/c47-40(48)37(34-10-13-43-22-34)19-28-4-1-7-31(16-28)25-46(26-32-8-2-5-29(17-32)20-38(41(49)50)35-11-14-44-23-35)27-33-9-3-6-30(18-33)21-39(42(51)52)36-12-15-45-24-36/h1-9,16-18,34-39,43-45H,10-15,19-27H2,(H,47,48)(H,49,50)(H,51,52)/t34-,35-,36-,37?,38?,39?/m0/s1. The third-order valence-electron chi connectivity index (χ3n) is 11.5. The Hall–Kier alpha value is -4.09. The molecule has 3 heterocycles. The van der Waals surface area contributed by atoms with E-state index in [1.54, 1.807) is 0 Å². The van der Waals surface area contributed by atoms with Crippen molar-refractivity contribution in [2.45, 2.75) is 58.2 Å². The lowest BCUT2D eigenvalue weighted by Crippen LogP contribution is -2.28. The third-order valence-corrected chi connectivity index (χ3v) is 11.5. The van der Waals surface area contributed by atoms with Crippen LogP contribution in [0.2, 0.25) is 0 Å². The first kappa shape index (κ1) is 37.7. The summed E-state index contributed by atoms with van der Waals surface area (Å²) in [5.41, 5.74) is 6.34. The Morgan fingerprint density at radius 3 is 1.06 bits per heavy atom. The highest BCUT2D eigenvalue weighted by Crippen LogP contribution is 2.28. The van der Waals surface area contributed by atoms with Crippen LogP contribution in [0.1, 0.15) is 52.6 Å². The first-order valence-electron chi connectivity index (χ1n) is 19.0. The predicted molar refractivity (Wildman–Crippen MR) is 200 cm³/mol. The highest BCUT2D eigenvalue weighted by molar-refractivity contribution is 5.72. The van der Waals surface area contributed by atoms with Crippen LogP contribution >= 0.6 is 0 Å². The highest BCUT2D eigenvalue weighted by atomic mass is 16.4. The maximum atomic E-state index is 12.3. The lowest BCUT2D eigenvalue weighted by Gasteiger charge is -2.25. The minimum Gasteiger partial charge on any atom is -0.481 e. The van der Waals surface area contributed by atoms with Crippen LogP contribution in [0.25, 0.3) is 0 Å². The second kappa shape index (κ2) is 18.1. The molecule has 0 amide bonds. The van der Waals surface area contributed by atoms with Crippen molar-refractivity contribution in [3.05, 3.63) is 106 Å². The van der Waals surface area contributed by atoms with Crippen molar-refractivity contribution in [1.29, 1.82) is 0 Å². The molecule has 3 aliphatic rings. The van der Waals surface area contributed by atoms with Crippen LogP contribution < -0.4 is 16.0 Å². The zero-order chi connectivity index (χ0) is 36.5. The molecule has 3 aromatic rings. The van der Waals surface area contributed by atoms with Crippen molar-refractivity contribution in [3.8, 4) is 0 Å². The average molecular weight is 711 g/mol. The summed E-state index contributed by atoms with van der Waals surface area (Å²) in [5, 5.41) is 40.1. The second-order valence-corrected chi connectivity index (χ2v) is 15.3. The van der Waals surface area contributed by atoms with E-state index in [0.717, 1.165) is 91.9 Å². The number of aliphatic carboxylic acids is 3. The molecule has 0 spiro atoms. The quantitative estimate of drug-likeness (QED) is 0.112. The van der Waals surface area contributed by atoms with Crippen LogP contribution in [0.5, 0.6) is 0 Å². The summed E-state index contributed by atoms with van der Waals surface area (Å²) in [6.07, 6.45) is 4.08. The number of carboxylic acid groups (broad SMARTS) is 3. The fraction of sp³-hybridized carbons (Fsp3) is 0.500. The Morgan fingerprint density at radius 1 is 0.519 bits per heavy atom. The number of hydrogen-bond donors (Lipinski definition) is 6. The lowest BCUT2D eigenvalue weighted by molar-refractivity contribution is -0.144. The fourth-order valence-corrected chi connectivity index (χ4v) is 8.70. The Bertz CT molecular complexity index is 1470. The Balaban J connectivity index is 1.22. The van der Waals surface area contributed by atoms with Crippen molar-refractivity contribution in [3.63, 3.8) is 0 Å². The van der Waals surface area contributed by atoms with Gasteiger partial charge in [-0.15, -0.1) is 0 Å². The highest BCUT2D eigenvalue weighted by Gasteiger charge is 2.33. The molecule has 0 saturated carbocycles. The van der Waals surface area contributed by atoms with Gasteiger partial charge >= 0.3 is 17.9 Å². The van der Waals surface area contributed by atoms with Gasteiger partial charge in [-0.05, 0) is 129 Å². The minimum atomic E-state index is -0.746. The summed E-state index contributed by atoms with van der Waals surface area (Å²) in [4.78, 5) is 39.2. The molecule has 10 nitrogen and oxygen atoms in total. The van der Waals surface area contributed by atoms with Gasteiger partial charge in [0, 0.05) is 19.6 Å². The zero-order valence-electron chi connectivity index (χ0n) is 30.0. The van der Waals surface area contributed by atoms with Gasteiger partial charge < -0.3 is 31.3 Å². The summed E-state index contributed by atoms with van der Waals surface area (Å²) < 4.78 is 0. The normalized spacial score (nSPS) is 22.0. The molecule has 0 aromatic heterocycles. The van der Waals surface area contributed by atoms with Crippen LogP contribution in [0.4, 0.5) is 0 Å². The van der Waals surface area contributed by atoms with Gasteiger partial charge in [0.25, 0.3) is 0 Å². The monoisotopic (exact) mass is 710 g/mol. The molecule has 3 aromatic carbocycles. The molecule has 0 radical (unpaired) electrons. The van der Waals surface area contributed by atoms with Crippen LogP contribution in [0.15, 0.2) is 72.8 Å². The number of benzene rings is 3. The van der Waals surface area contributed by atoms with Gasteiger partial charge in [0.15, 0.2) is 0 Å². The van der Waals surface area contributed by atoms with E-state index >= 15 is 0 Å². The van der Waals surface area contributed by atoms with Crippen LogP contribution in [0, 0.1) is 35.5 Å². The molecule has 0 aliphatic carbocycles. The van der Waals surface area contributed by atoms with Gasteiger partial charge in [-0.1, -0.05) is 72.8 Å². The molecule has 0 bridgehead atoms. The summed E-state index contributed by atoms with van der Waals surface area (Å²) in [6, 6.07) is 24.8. The minimum absolute atomic E-state index is 0.119. The number of hydrogen-bond acceptors (Lipinski definition) is 7. The van der Waals surface area contributed by atoms with Gasteiger partial charge in [0.1, 0.15) is 0 Å². The molecule has 6 atom stereocenters. The van der Waals surface area contributed by atoms with E-state index in [2.05, 4.69) is 57.2 Å². The Labute approximate surface area is 307 Å². The number of rotatable bonds is 18. The van der Waals surface area contributed by atoms with E-state index in [0.29, 0.717) is 38.9 Å². The van der Waals surface area contributed by atoms with Gasteiger partial charge in [0.05, 0.1) is 17.8 Å². The van der Waals surface area contributed by atoms with E-state index in [-0.39, 0.29) is 17.8 Å². The first-order chi connectivity index (χ1) is 25.2. The van der Waals surface area contributed by atoms with Crippen LogP contribution in [-0.2, 0) is 53.3 Å². The number of carboxylic acids is 3. The molecule has 3 fully saturated rings. The summed E-state index contributed by atoms with van der Waals surface area (Å²) in [6.45, 7) is 6.65. The van der Waals surface area contributed by atoms with Gasteiger partial charge in [-0.2, -0.15) is 0 Å². The molecule has 10 heteroatoms. The van der Waals surface area contributed by atoms with Gasteiger partial charge in [0.2, 0.25) is 0 Å². The summed E-state index contributed by atoms with van der Waals surface area (Å²) in [5.74, 6) is -3.18. The van der Waals surface area contributed by atoms with Gasteiger partial charge in [-0.25, -0.2) is 0 Å². The van der Waals surface area contributed by atoms with E-state index in [4.69, 9.17) is 0 Å². The molecule has 3 unspecified atom stereocenters. The SMILES string of the molecule is O=C(O)C(Cc1cccc(CN(Cc2cccc(CC(C(=O)O)[C@H]3CCNC3)c2)Cc2cccc(CC(C(=O)O)[C@H]3CCNC3)c2)c1)[C@H]1CCNC1. The molecule has 3 aliphatic heterocycles. The van der Waals surface area contributed by atoms with Crippen molar-refractivity contribution >= 4 is 17.9 Å². The van der Waals surface area contributed by atoms with Crippen molar-refractivity contribution in [2.75, 3.05) is 39.3 Å².